The summed E-state index contributed by atoms with van der Waals surface area (Å²) in [6, 6.07) is 9.10. The maximum Gasteiger partial charge on any atom is 0.262 e. The fourth-order valence-corrected chi connectivity index (χ4v) is 4.47. The number of aryl methyl sites for hydroxylation is 4. The van der Waals surface area contributed by atoms with Gasteiger partial charge in [-0.25, -0.2) is 8.42 Å². The minimum atomic E-state index is -3.61. The third kappa shape index (κ3) is 2.85. The molecule has 116 valence electrons. The Morgan fingerprint density at radius 1 is 1.00 bits per heavy atom. The molecule has 5 heteroatoms. The molecule has 0 atom stereocenters. The zero-order chi connectivity index (χ0) is 15.9. The van der Waals surface area contributed by atoms with Crippen molar-refractivity contribution in [3.05, 3.63) is 57.6 Å². The first-order chi connectivity index (χ1) is 10.4. The summed E-state index contributed by atoms with van der Waals surface area (Å²) in [4.78, 5) is 0.273. The second kappa shape index (κ2) is 5.60. The van der Waals surface area contributed by atoms with E-state index in [4.69, 9.17) is 11.6 Å². The molecular weight excluding hydrogens is 318 g/mol. The Balaban J connectivity index is 1.96. The number of fused-ring (bicyclic) bond motifs is 1. The van der Waals surface area contributed by atoms with Crippen LogP contribution in [0.25, 0.3) is 0 Å². The van der Waals surface area contributed by atoms with Crippen LogP contribution in [-0.4, -0.2) is 8.42 Å². The molecule has 22 heavy (non-hydrogen) atoms. The predicted octanol–water partition coefficient (Wildman–Crippen LogP) is 4.25. The van der Waals surface area contributed by atoms with Crippen LogP contribution in [0.3, 0.4) is 0 Å². The van der Waals surface area contributed by atoms with Crippen LogP contribution in [0.4, 0.5) is 5.69 Å². The number of sulfonamides is 1. The number of hydrogen-bond acceptors (Lipinski definition) is 2. The Morgan fingerprint density at radius 3 is 2.50 bits per heavy atom. The van der Waals surface area contributed by atoms with Gasteiger partial charge in [0.25, 0.3) is 10.0 Å². The summed E-state index contributed by atoms with van der Waals surface area (Å²) in [6.45, 7) is 3.55. The molecule has 3 rings (SSSR count). The second-order valence-electron chi connectivity index (χ2n) is 5.81. The van der Waals surface area contributed by atoms with Gasteiger partial charge in [-0.05, 0) is 79.6 Å². The maximum absolute atomic E-state index is 12.6. The quantitative estimate of drug-likeness (QED) is 0.911. The van der Waals surface area contributed by atoms with Crippen LogP contribution in [0.5, 0.6) is 0 Å². The van der Waals surface area contributed by atoms with Crippen molar-refractivity contribution in [1.29, 1.82) is 0 Å². The first-order valence-corrected chi connectivity index (χ1v) is 9.14. The van der Waals surface area contributed by atoms with Crippen molar-refractivity contribution in [2.24, 2.45) is 0 Å². The van der Waals surface area contributed by atoms with Crippen LogP contribution in [0.1, 0.15) is 28.7 Å². The summed E-state index contributed by atoms with van der Waals surface area (Å²) in [5.74, 6) is 0. The van der Waals surface area contributed by atoms with E-state index in [1.807, 2.05) is 18.2 Å². The fraction of sp³-hybridized carbons (Fsp3) is 0.294. The van der Waals surface area contributed by atoms with Gasteiger partial charge in [-0.2, -0.15) is 0 Å². The van der Waals surface area contributed by atoms with Gasteiger partial charge in [-0.15, -0.1) is 0 Å². The molecule has 3 nitrogen and oxygen atoms in total. The zero-order valence-electron chi connectivity index (χ0n) is 12.6. The molecule has 0 bridgehead atoms. The van der Waals surface area contributed by atoms with Gasteiger partial charge in [0.1, 0.15) is 0 Å². The van der Waals surface area contributed by atoms with Gasteiger partial charge in [-0.3, -0.25) is 4.72 Å². The summed E-state index contributed by atoms with van der Waals surface area (Å²) in [5, 5.41) is 0.578. The molecule has 1 N–H and O–H groups in total. The normalized spacial score (nSPS) is 14.0. The molecule has 0 aliphatic heterocycles. The molecule has 0 heterocycles. The number of hydrogen-bond donors (Lipinski definition) is 1. The Morgan fingerprint density at radius 2 is 1.73 bits per heavy atom. The van der Waals surface area contributed by atoms with E-state index in [2.05, 4.69) is 4.72 Å². The standard InChI is InChI=1S/C17H18ClNO2S/c1-11-9-17(12(2)8-16(11)18)22(20,21)19-15-7-6-13-4-3-5-14(13)10-15/h6-10,19H,3-5H2,1-2H3. The minimum absolute atomic E-state index is 0.273. The van der Waals surface area contributed by atoms with Gasteiger partial charge in [-0.1, -0.05) is 17.7 Å². The molecule has 0 unspecified atom stereocenters. The Bertz CT molecular complexity index is 844. The van der Waals surface area contributed by atoms with Crippen LogP contribution < -0.4 is 4.72 Å². The van der Waals surface area contributed by atoms with Gasteiger partial charge >= 0.3 is 0 Å². The van der Waals surface area contributed by atoms with Gasteiger partial charge in [0.2, 0.25) is 0 Å². The molecule has 2 aromatic carbocycles. The summed E-state index contributed by atoms with van der Waals surface area (Å²) >= 11 is 6.04. The van der Waals surface area contributed by atoms with E-state index in [9.17, 15) is 8.42 Å². The molecule has 0 saturated heterocycles. The molecule has 0 aromatic heterocycles. The number of halogens is 1. The van der Waals surface area contributed by atoms with Crippen molar-refractivity contribution in [3.63, 3.8) is 0 Å². The monoisotopic (exact) mass is 335 g/mol. The van der Waals surface area contributed by atoms with E-state index in [0.717, 1.165) is 24.8 Å². The van der Waals surface area contributed by atoms with Gasteiger partial charge in [0.05, 0.1) is 4.90 Å². The van der Waals surface area contributed by atoms with E-state index in [-0.39, 0.29) is 4.90 Å². The number of anilines is 1. The number of rotatable bonds is 3. The van der Waals surface area contributed by atoms with Gasteiger partial charge in [0, 0.05) is 10.7 Å². The van der Waals surface area contributed by atoms with Crippen molar-refractivity contribution < 1.29 is 8.42 Å². The van der Waals surface area contributed by atoms with E-state index in [1.54, 1.807) is 26.0 Å². The highest BCUT2D eigenvalue weighted by atomic mass is 35.5. The third-order valence-electron chi connectivity index (χ3n) is 4.10. The number of benzene rings is 2. The highest BCUT2D eigenvalue weighted by molar-refractivity contribution is 7.92. The van der Waals surface area contributed by atoms with Crippen LogP contribution in [0.2, 0.25) is 5.02 Å². The average molecular weight is 336 g/mol. The van der Waals surface area contributed by atoms with E-state index >= 15 is 0 Å². The minimum Gasteiger partial charge on any atom is -0.280 e. The van der Waals surface area contributed by atoms with Gasteiger partial charge in [0.15, 0.2) is 0 Å². The highest BCUT2D eigenvalue weighted by Crippen LogP contribution is 2.28. The Hall–Kier alpha value is -1.52. The first kappa shape index (κ1) is 15.4. The summed E-state index contributed by atoms with van der Waals surface area (Å²) < 4.78 is 27.9. The Kier molecular flexibility index (Phi) is 3.91. The summed E-state index contributed by atoms with van der Waals surface area (Å²) in [7, 11) is -3.61. The lowest BCUT2D eigenvalue weighted by molar-refractivity contribution is 0.600. The summed E-state index contributed by atoms with van der Waals surface area (Å²) in [6.07, 6.45) is 3.24. The van der Waals surface area contributed by atoms with Crippen LogP contribution >= 0.6 is 11.6 Å². The zero-order valence-corrected chi connectivity index (χ0v) is 14.2. The van der Waals surface area contributed by atoms with E-state index < -0.39 is 10.0 Å². The third-order valence-corrected chi connectivity index (χ3v) is 6.03. The van der Waals surface area contributed by atoms with Crippen LogP contribution in [-0.2, 0) is 22.9 Å². The molecular formula is C17H18ClNO2S. The summed E-state index contributed by atoms with van der Waals surface area (Å²) in [5.41, 5.74) is 4.57. The topological polar surface area (TPSA) is 46.2 Å². The smallest absolute Gasteiger partial charge is 0.262 e. The van der Waals surface area contributed by atoms with Crippen molar-refractivity contribution >= 4 is 27.3 Å². The van der Waals surface area contributed by atoms with E-state index in [0.29, 0.717) is 16.3 Å². The molecule has 1 aliphatic carbocycles. The largest absolute Gasteiger partial charge is 0.280 e. The lowest BCUT2D eigenvalue weighted by Gasteiger charge is -2.13. The van der Waals surface area contributed by atoms with Crippen molar-refractivity contribution in [2.75, 3.05) is 4.72 Å². The molecule has 0 saturated carbocycles. The number of nitrogens with one attached hydrogen (secondary N) is 1. The molecule has 0 radical (unpaired) electrons. The maximum atomic E-state index is 12.6. The van der Waals surface area contributed by atoms with Gasteiger partial charge < -0.3 is 0 Å². The predicted molar refractivity (Wildman–Crippen MR) is 90.2 cm³/mol. The average Bonchev–Trinajstić information content (AvgIpc) is 2.89. The molecule has 0 amide bonds. The van der Waals surface area contributed by atoms with Crippen molar-refractivity contribution in [2.45, 2.75) is 38.0 Å². The molecule has 0 spiro atoms. The SMILES string of the molecule is Cc1cc(S(=O)(=O)Nc2ccc3c(c2)CCC3)c(C)cc1Cl. The molecule has 0 fully saturated rings. The second-order valence-corrected chi connectivity index (χ2v) is 7.87. The van der Waals surface area contributed by atoms with E-state index in [1.165, 1.54) is 11.1 Å². The first-order valence-electron chi connectivity index (χ1n) is 7.28. The van der Waals surface area contributed by atoms with Crippen LogP contribution in [0, 0.1) is 13.8 Å². The lowest BCUT2D eigenvalue weighted by atomic mass is 10.1. The van der Waals surface area contributed by atoms with Crippen LogP contribution in [0.15, 0.2) is 35.2 Å². The lowest BCUT2D eigenvalue weighted by Crippen LogP contribution is -2.14. The Labute approximate surface area is 136 Å². The highest BCUT2D eigenvalue weighted by Gasteiger charge is 2.19. The van der Waals surface area contributed by atoms with Crippen molar-refractivity contribution in [1.82, 2.24) is 0 Å². The van der Waals surface area contributed by atoms with Crippen molar-refractivity contribution in [3.8, 4) is 0 Å². The molecule has 2 aromatic rings. The fourth-order valence-electron chi connectivity index (χ4n) is 2.89. The molecule has 1 aliphatic rings.